The van der Waals surface area contributed by atoms with Gasteiger partial charge >= 0.3 is 0 Å². The molecule has 1 saturated heterocycles. The number of benzene rings is 1. The standard InChI is InChI=1S/C17H27N3/c1-19-10-7-14(8-11-19)13-20(2)17-5-3-4-15-6-9-18-12-16(15)17/h3-5,14,18H,6-13H2,1-2H3. The van der Waals surface area contributed by atoms with Crippen LogP contribution >= 0.6 is 0 Å². The first-order chi connectivity index (χ1) is 9.74. The predicted octanol–water partition coefficient (Wildman–Crippen LogP) is 2.11. The number of nitrogens with one attached hydrogen (secondary N) is 1. The van der Waals surface area contributed by atoms with Crippen molar-refractivity contribution in [3.63, 3.8) is 0 Å². The summed E-state index contributed by atoms with van der Waals surface area (Å²) in [4.78, 5) is 4.94. The molecule has 2 heterocycles. The Bertz CT molecular complexity index is 450. The maximum absolute atomic E-state index is 3.51. The summed E-state index contributed by atoms with van der Waals surface area (Å²) in [6, 6.07) is 6.81. The Kier molecular flexibility index (Phi) is 4.27. The summed E-state index contributed by atoms with van der Waals surface area (Å²) in [7, 11) is 4.50. The Morgan fingerprint density at radius 1 is 1.30 bits per heavy atom. The van der Waals surface area contributed by atoms with Gasteiger partial charge < -0.3 is 15.1 Å². The van der Waals surface area contributed by atoms with Gasteiger partial charge in [0.2, 0.25) is 0 Å². The molecule has 0 aromatic heterocycles. The monoisotopic (exact) mass is 273 g/mol. The zero-order valence-electron chi connectivity index (χ0n) is 12.9. The molecule has 0 bridgehead atoms. The number of rotatable bonds is 3. The first-order valence-corrected chi connectivity index (χ1v) is 7.95. The van der Waals surface area contributed by atoms with Crippen molar-refractivity contribution < 1.29 is 0 Å². The van der Waals surface area contributed by atoms with E-state index in [9.17, 15) is 0 Å². The maximum Gasteiger partial charge on any atom is 0.0412 e. The minimum atomic E-state index is 0.851. The van der Waals surface area contributed by atoms with Gasteiger partial charge in [0.05, 0.1) is 0 Å². The Hall–Kier alpha value is -1.06. The first-order valence-electron chi connectivity index (χ1n) is 7.95. The second-order valence-corrected chi connectivity index (χ2v) is 6.47. The molecular weight excluding hydrogens is 246 g/mol. The van der Waals surface area contributed by atoms with E-state index in [0.29, 0.717) is 0 Å². The summed E-state index contributed by atoms with van der Waals surface area (Å²) in [6.45, 7) is 5.86. The van der Waals surface area contributed by atoms with Gasteiger partial charge in [0, 0.05) is 25.8 Å². The van der Waals surface area contributed by atoms with Crippen LogP contribution < -0.4 is 10.2 Å². The molecule has 1 N–H and O–H groups in total. The molecule has 110 valence electrons. The summed E-state index contributed by atoms with van der Waals surface area (Å²) in [6.07, 6.45) is 3.85. The summed E-state index contributed by atoms with van der Waals surface area (Å²) >= 11 is 0. The molecular formula is C17H27N3. The van der Waals surface area contributed by atoms with Crippen molar-refractivity contribution in [2.24, 2.45) is 5.92 Å². The number of fused-ring (bicyclic) bond motifs is 1. The first kappa shape index (κ1) is 13.9. The molecule has 20 heavy (non-hydrogen) atoms. The summed E-state index contributed by atoms with van der Waals surface area (Å²) in [5.74, 6) is 0.851. The average molecular weight is 273 g/mol. The van der Waals surface area contributed by atoms with Crippen LogP contribution in [0.4, 0.5) is 5.69 Å². The molecule has 3 rings (SSSR count). The lowest BCUT2D eigenvalue weighted by atomic mass is 9.95. The van der Waals surface area contributed by atoms with E-state index in [1.807, 2.05) is 0 Å². The van der Waals surface area contributed by atoms with E-state index in [0.717, 1.165) is 19.0 Å². The van der Waals surface area contributed by atoms with Crippen molar-refractivity contribution in [2.75, 3.05) is 45.2 Å². The SMILES string of the molecule is CN1CCC(CN(C)c2cccc3c2CNCC3)CC1. The number of hydrogen-bond donors (Lipinski definition) is 1. The lowest BCUT2D eigenvalue weighted by Crippen LogP contribution is -2.36. The van der Waals surface area contributed by atoms with Crippen LogP contribution in [0, 0.1) is 5.92 Å². The topological polar surface area (TPSA) is 18.5 Å². The second-order valence-electron chi connectivity index (χ2n) is 6.47. The van der Waals surface area contributed by atoms with Crippen LogP contribution in [0.2, 0.25) is 0 Å². The summed E-state index contributed by atoms with van der Waals surface area (Å²) in [5.41, 5.74) is 4.50. The van der Waals surface area contributed by atoms with E-state index in [1.54, 1.807) is 0 Å². The van der Waals surface area contributed by atoms with Crippen LogP contribution in [-0.2, 0) is 13.0 Å². The summed E-state index contributed by atoms with van der Waals surface area (Å²) in [5, 5.41) is 3.51. The molecule has 0 unspecified atom stereocenters. The van der Waals surface area contributed by atoms with Gasteiger partial charge in [0.1, 0.15) is 0 Å². The van der Waals surface area contributed by atoms with Crippen LogP contribution in [0.15, 0.2) is 18.2 Å². The lowest BCUT2D eigenvalue weighted by molar-refractivity contribution is 0.222. The molecule has 0 amide bonds. The van der Waals surface area contributed by atoms with Gasteiger partial charge in [-0.2, -0.15) is 0 Å². The van der Waals surface area contributed by atoms with Crippen LogP contribution in [0.1, 0.15) is 24.0 Å². The maximum atomic E-state index is 3.51. The van der Waals surface area contributed by atoms with Gasteiger partial charge in [-0.1, -0.05) is 12.1 Å². The average Bonchev–Trinajstić information content (AvgIpc) is 2.49. The van der Waals surface area contributed by atoms with Crippen molar-refractivity contribution >= 4 is 5.69 Å². The summed E-state index contributed by atoms with van der Waals surface area (Å²) < 4.78 is 0. The van der Waals surface area contributed by atoms with E-state index in [-0.39, 0.29) is 0 Å². The molecule has 0 aliphatic carbocycles. The van der Waals surface area contributed by atoms with Crippen LogP contribution in [0.5, 0.6) is 0 Å². The van der Waals surface area contributed by atoms with Crippen molar-refractivity contribution in [1.82, 2.24) is 10.2 Å². The van der Waals surface area contributed by atoms with E-state index in [2.05, 4.69) is 47.4 Å². The van der Waals surface area contributed by atoms with Gasteiger partial charge in [-0.15, -0.1) is 0 Å². The van der Waals surface area contributed by atoms with Crippen molar-refractivity contribution in [3.05, 3.63) is 29.3 Å². The van der Waals surface area contributed by atoms with Crippen LogP contribution in [0.3, 0.4) is 0 Å². The molecule has 1 aromatic carbocycles. The molecule has 0 spiro atoms. The zero-order chi connectivity index (χ0) is 13.9. The highest BCUT2D eigenvalue weighted by Crippen LogP contribution is 2.27. The quantitative estimate of drug-likeness (QED) is 0.910. The van der Waals surface area contributed by atoms with E-state index in [1.165, 1.54) is 55.7 Å². The number of likely N-dealkylation sites (tertiary alicyclic amines) is 1. The van der Waals surface area contributed by atoms with E-state index < -0.39 is 0 Å². The number of nitrogens with zero attached hydrogens (tertiary/aromatic N) is 2. The zero-order valence-corrected chi connectivity index (χ0v) is 12.9. The third kappa shape index (κ3) is 2.99. The van der Waals surface area contributed by atoms with Crippen molar-refractivity contribution in [2.45, 2.75) is 25.8 Å². The molecule has 0 saturated carbocycles. The van der Waals surface area contributed by atoms with E-state index in [4.69, 9.17) is 0 Å². The third-order valence-corrected chi connectivity index (χ3v) is 4.90. The highest BCUT2D eigenvalue weighted by atomic mass is 15.1. The predicted molar refractivity (Wildman–Crippen MR) is 85.3 cm³/mol. The fourth-order valence-electron chi connectivity index (χ4n) is 3.58. The molecule has 3 heteroatoms. The number of piperidine rings is 1. The minimum absolute atomic E-state index is 0.851. The normalized spacial score (nSPS) is 20.7. The molecule has 1 fully saturated rings. The second kappa shape index (κ2) is 6.15. The Morgan fingerprint density at radius 2 is 2.10 bits per heavy atom. The minimum Gasteiger partial charge on any atom is -0.374 e. The van der Waals surface area contributed by atoms with Crippen LogP contribution in [-0.4, -0.2) is 45.2 Å². The molecule has 0 radical (unpaired) electrons. The fourth-order valence-corrected chi connectivity index (χ4v) is 3.58. The van der Waals surface area contributed by atoms with Gasteiger partial charge in [0.25, 0.3) is 0 Å². The lowest BCUT2D eigenvalue weighted by Gasteiger charge is -2.34. The highest BCUT2D eigenvalue weighted by molar-refractivity contribution is 5.57. The molecule has 2 aliphatic rings. The van der Waals surface area contributed by atoms with Crippen LogP contribution in [0.25, 0.3) is 0 Å². The Morgan fingerprint density at radius 3 is 2.90 bits per heavy atom. The molecule has 3 nitrogen and oxygen atoms in total. The van der Waals surface area contributed by atoms with Crippen molar-refractivity contribution in [3.8, 4) is 0 Å². The van der Waals surface area contributed by atoms with Gasteiger partial charge in [0.15, 0.2) is 0 Å². The van der Waals surface area contributed by atoms with Gasteiger partial charge in [-0.25, -0.2) is 0 Å². The number of hydrogen-bond acceptors (Lipinski definition) is 3. The Balaban J connectivity index is 1.69. The van der Waals surface area contributed by atoms with Gasteiger partial charge in [-0.05, 0) is 69.1 Å². The molecule has 0 atom stereocenters. The van der Waals surface area contributed by atoms with Gasteiger partial charge in [-0.3, -0.25) is 0 Å². The van der Waals surface area contributed by atoms with E-state index >= 15 is 0 Å². The Labute approximate surface area is 123 Å². The smallest absolute Gasteiger partial charge is 0.0412 e. The molecule has 2 aliphatic heterocycles. The molecule has 1 aromatic rings. The third-order valence-electron chi connectivity index (χ3n) is 4.90. The number of anilines is 1. The highest BCUT2D eigenvalue weighted by Gasteiger charge is 2.20. The van der Waals surface area contributed by atoms with Crippen molar-refractivity contribution in [1.29, 1.82) is 0 Å². The fraction of sp³-hybridized carbons (Fsp3) is 0.647. The largest absolute Gasteiger partial charge is 0.374 e.